The Morgan fingerprint density at radius 2 is 2.00 bits per heavy atom. The lowest BCUT2D eigenvalue weighted by molar-refractivity contribution is 0.589. The second-order valence-corrected chi connectivity index (χ2v) is 6.60. The molecule has 3 rings (SSSR count). The molecule has 0 amide bonds. The Bertz CT molecular complexity index is 917. The van der Waals surface area contributed by atoms with Gasteiger partial charge >= 0.3 is 0 Å². The summed E-state index contributed by atoms with van der Waals surface area (Å²) in [7, 11) is -3.45. The number of pyridine rings is 1. The van der Waals surface area contributed by atoms with Crippen molar-refractivity contribution in [2.24, 2.45) is 5.14 Å². The van der Waals surface area contributed by atoms with Gasteiger partial charge < -0.3 is 10.3 Å². The van der Waals surface area contributed by atoms with E-state index < -0.39 is 10.0 Å². The number of hydrogen-bond donors (Lipinski definition) is 2. The minimum atomic E-state index is -3.45. The molecule has 0 bridgehead atoms. The third-order valence-electron chi connectivity index (χ3n) is 3.31. The van der Waals surface area contributed by atoms with Crippen LogP contribution in [0.5, 0.6) is 0 Å². The quantitative estimate of drug-likeness (QED) is 0.741. The molecule has 110 valence electrons. The second kappa shape index (κ2) is 4.97. The zero-order valence-corrected chi connectivity index (χ0v) is 12.0. The molecule has 2 aromatic heterocycles. The van der Waals surface area contributed by atoms with Crippen LogP contribution in [-0.4, -0.2) is 28.7 Å². The highest BCUT2D eigenvalue weighted by Crippen LogP contribution is 2.26. The third kappa shape index (κ3) is 2.67. The first-order valence-electron chi connectivity index (χ1n) is 6.45. The largest absolute Gasteiger partial charge is 0.382 e. The molecule has 21 heavy (non-hydrogen) atoms. The van der Waals surface area contributed by atoms with Crippen LogP contribution in [0, 0.1) is 0 Å². The van der Waals surface area contributed by atoms with Gasteiger partial charge in [-0.15, -0.1) is 0 Å². The van der Waals surface area contributed by atoms with Crippen molar-refractivity contribution >= 4 is 37.8 Å². The van der Waals surface area contributed by atoms with Crippen LogP contribution in [0.25, 0.3) is 21.9 Å². The number of aromatic nitrogens is 3. The minimum Gasteiger partial charge on any atom is -0.382 e. The third-order valence-corrected chi connectivity index (χ3v) is 4.17. The predicted molar refractivity (Wildman–Crippen MR) is 82.0 cm³/mol. The summed E-state index contributed by atoms with van der Waals surface area (Å²) in [5.74, 6) is 0.305. The minimum absolute atomic E-state index is 0.0643. The van der Waals surface area contributed by atoms with E-state index in [1.807, 2.05) is 28.8 Å². The molecule has 0 aliphatic carbocycles. The molecule has 0 fully saturated rings. The van der Waals surface area contributed by atoms with E-state index in [1.54, 1.807) is 6.33 Å². The first-order valence-corrected chi connectivity index (χ1v) is 8.17. The summed E-state index contributed by atoms with van der Waals surface area (Å²) in [6.45, 7) is 0.500. The molecule has 0 saturated heterocycles. The van der Waals surface area contributed by atoms with E-state index in [4.69, 9.17) is 10.9 Å². The summed E-state index contributed by atoms with van der Waals surface area (Å²) in [6, 6.07) is 7.64. The summed E-state index contributed by atoms with van der Waals surface area (Å²) in [6.07, 6.45) is 2.07. The first kappa shape index (κ1) is 13.8. The molecule has 3 aromatic rings. The Labute approximate surface area is 121 Å². The van der Waals surface area contributed by atoms with Gasteiger partial charge in [-0.1, -0.05) is 18.2 Å². The van der Waals surface area contributed by atoms with Crippen molar-refractivity contribution in [1.29, 1.82) is 0 Å². The van der Waals surface area contributed by atoms with Crippen molar-refractivity contribution < 1.29 is 8.42 Å². The maximum Gasteiger partial charge on any atom is 0.209 e. The molecule has 4 N–H and O–H groups in total. The maximum absolute atomic E-state index is 11.0. The van der Waals surface area contributed by atoms with Crippen molar-refractivity contribution in [2.45, 2.75) is 13.0 Å². The lowest BCUT2D eigenvalue weighted by atomic mass is 10.2. The van der Waals surface area contributed by atoms with Crippen LogP contribution in [0.1, 0.15) is 6.42 Å². The van der Waals surface area contributed by atoms with Gasteiger partial charge in [0.05, 0.1) is 23.1 Å². The number of rotatable bonds is 4. The number of imidazole rings is 1. The molecule has 8 heteroatoms. The van der Waals surface area contributed by atoms with E-state index in [0.29, 0.717) is 24.3 Å². The van der Waals surface area contributed by atoms with E-state index in [2.05, 4.69) is 9.97 Å². The molecule has 0 aliphatic rings. The average molecular weight is 305 g/mol. The first-order chi connectivity index (χ1) is 9.96. The van der Waals surface area contributed by atoms with E-state index in [1.165, 1.54) is 0 Å². The Morgan fingerprint density at radius 3 is 2.76 bits per heavy atom. The summed E-state index contributed by atoms with van der Waals surface area (Å²) in [5.41, 5.74) is 8.22. The van der Waals surface area contributed by atoms with Crippen molar-refractivity contribution in [3.05, 3.63) is 30.6 Å². The monoisotopic (exact) mass is 305 g/mol. The standard InChI is InChI=1S/C13H15N5O2S/c14-13-11-12(9-4-1-2-5-10(9)17-13)18(8-16-11)6-3-7-21(15,19)20/h1-2,4-5,8H,3,6-7H2,(H2,14,17)(H2,15,19,20). The lowest BCUT2D eigenvalue weighted by Gasteiger charge is -2.07. The molecule has 0 saturated carbocycles. The number of para-hydroxylation sites is 1. The summed E-state index contributed by atoms with van der Waals surface area (Å²) >= 11 is 0. The topological polar surface area (TPSA) is 117 Å². The number of nitrogens with two attached hydrogens (primary N) is 2. The van der Waals surface area contributed by atoms with Gasteiger partial charge in [-0.3, -0.25) is 0 Å². The van der Waals surface area contributed by atoms with Crippen molar-refractivity contribution in [1.82, 2.24) is 14.5 Å². The molecule has 0 atom stereocenters. The molecule has 0 unspecified atom stereocenters. The van der Waals surface area contributed by atoms with Crippen molar-refractivity contribution in [3.63, 3.8) is 0 Å². The van der Waals surface area contributed by atoms with Gasteiger partial charge in [0, 0.05) is 11.9 Å². The number of sulfonamides is 1. The summed E-state index contributed by atoms with van der Waals surface area (Å²) < 4.78 is 23.9. The average Bonchev–Trinajstić information content (AvgIpc) is 2.82. The molecule has 7 nitrogen and oxygen atoms in total. The fourth-order valence-electron chi connectivity index (χ4n) is 2.41. The highest BCUT2D eigenvalue weighted by Gasteiger charge is 2.12. The molecule has 2 heterocycles. The van der Waals surface area contributed by atoms with E-state index in [-0.39, 0.29) is 5.75 Å². The van der Waals surface area contributed by atoms with E-state index in [9.17, 15) is 8.42 Å². The Kier molecular flexibility index (Phi) is 3.26. The molecular weight excluding hydrogens is 290 g/mol. The Morgan fingerprint density at radius 1 is 1.24 bits per heavy atom. The number of benzene rings is 1. The number of fused-ring (bicyclic) bond motifs is 3. The molecule has 0 radical (unpaired) electrons. The summed E-state index contributed by atoms with van der Waals surface area (Å²) in [4.78, 5) is 8.60. The SMILES string of the molecule is Nc1nc2ccccc2c2c1ncn2CCCS(N)(=O)=O. The van der Waals surface area contributed by atoms with Crippen LogP contribution < -0.4 is 10.9 Å². The van der Waals surface area contributed by atoms with Crippen LogP contribution in [0.15, 0.2) is 30.6 Å². The Hall–Kier alpha value is -2.19. The van der Waals surface area contributed by atoms with E-state index >= 15 is 0 Å². The molecule has 0 aliphatic heterocycles. The Balaban J connectivity index is 2.07. The zero-order valence-electron chi connectivity index (χ0n) is 11.2. The normalized spacial score (nSPS) is 12.2. The van der Waals surface area contributed by atoms with Crippen LogP contribution in [0.2, 0.25) is 0 Å². The van der Waals surface area contributed by atoms with Gasteiger partial charge in [-0.2, -0.15) is 0 Å². The number of hydrogen-bond acceptors (Lipinski definition) is 5. The fraction of sp³-hybridized carbons (Fsp3) is 0.231. The molecule has 0 spiro atoms. The fourth-order valence-corrected chi connectivity index (χ4v) is 2.94. The van der Waals surface area contributed by atoms with Crippen LogP contribution in [0.4, 0.5) is 5.82 Å². The van der Waals surface area contributed by atoms with Gasteiger partial charge in [0.1, 0.15) is 5.52 Å². The number of anilines is 1. The van der Waals surface area contributed by atoms with Crippen molar-refractivity contribution in [3.8, 4) is 0 Å². The van der Waals surface area contributed by atoms with E-state index in [0.717, 1.165) is 16.4 Å². The number of aryl methyl sites for hydroxylation is 1. The highest BCUT2D eigenvalue weighted by molar-refractivity contribution is 7.89. The van der Waals surface area contributed by atoms with Crippen LogP contribution in [0.3, 0.4) is 0 Å². The van der Waals surface area contributed by atoms with Gasteiger partial charge in [0.15, 0.2) is 5.82 Å². The molecular formula is C13H15N5O2S. The van der Waals surface area contributed by atoms with Gasteiger partial charge in [0.25, 0.3) is 0 Å². The van der Waals surface area contributed by atoms with Crippen LogP contribution >= 0.6 is 0 Å². The number of nitrogens with zero attached hydrogens (tertiary/aromatic N) is 3. The van der Waals surface area contributed by atoms with Crippen molar-refractivity contribution in [2.75, 3.05) is 11.5 Å². The van der Waals surface area contributed by atoms with Crippen LogP contribution in [-0.2, 0) is 16.6 Å². The molecule has 1 aromatic carbocycles. The predicted octanol–water partition coefficient (Wildman–Crippen LogP) is 0.845. The second-order valence-electron chi connectivity index (χ2n) is 4.87. The van der Waals surface area contributed by atoms with Gasteiger partial charge in [0.2, 0.25) is 10.0 Å². The number of primary sulfonamides is 1. The highest BCUT2D eigenvalue weighted by atomic mass is 32.2. The van der Waals surface area contributed by atoms with Gasteiger partial charge in [-0.05, 0) is 12.5 Å². The van der Waals surface area contributed by atoms with Gasteiger partial charge in [-0.25, -0.2) is 23.5 Å². The summed E-state index contributed by atoms with van der Waals surface area (Å²) in [5, 5.41) is 5.96. The number of nitrogen functional groups attached to an aromatic ring is 1. The zero-order chi connectivity index (χ0) is 15.0. The smallest absolute Gasteiger partial charge is 0.209 e. The lowest BCUT2D eigenvalue weighted by Crippen LogP contribution is -2.17. The maximum atomic E-state index is 11.0.